The molecule has 60 heavy (non-hydrogen) atoms. The van der Waals surface area contributed by atoms with Crippen LogP contribution in [0.3, 0.4) is 0 Å². The fourth-order valence-corrected chi connectivity index (χ4v) is 9.16. The van der Waals surface area contributed by atoms with E-state index in [1.807, 2.05) is 6.20 Å². The third-order valence-corrected chi connectivity index (χ3v) is 12.2. The Hall–Kier alpha value is -7.82. The Morgan fingerprint density at radius 2 is 0.867 bits per heavy atom. The summed E-state index contributed by atoms with van der Waals surface area (Å²) in [5.74, 6) is 0. The second kappa shape index (κ2) is 13.4. The molecular weight excluding hydrogens is 733 g/mol. The molecule has 4 nitrogen and oxygen atoms in total. The Morgan fingerprint density at radius 3 is 1.48 bits per heavy atom. The van der Waals surface area contributed by atoms with Crippen LogP contribution in [0.25, 0.3) is 121 Å². The molecule has 0 atom stereocenters. The van der Waals surface area contributed by atoms with E-state index in [0.717, 1.165) is 122 Å². The number of hydrogen-bond donors (Lipinski definition) is 0. The number of para-hydroxylation sites is 2. The molecule has 0 bridgehead atoms. The van der Waals surface area contributed by atoms with E-state index in [4.69, 9.17) is 18.8 Å². The number of benzene rings is 9. The Balaban J connectivity index is 0.887. The van der Waals surface area contributed by atoms with Crippen LogP contribution in [0.4, 0.5) is 0 Å². The standard InChI is InChI=1S/C56H36N2O2/c1-33-23-24-38(37-13-7-14-39(29-37)44-19-9-21-46-48-27-25-35-11-3-5-17-42(35)53(48)59-55(44)46)31-50(33)52-34(2)58-51(32-57-52)41-16-8-15-40(30-41)45-20-10-22-47-49-28-26-36-12-4-6-18-43(36)54(49)60-56(45)47/h3-32H,1-2H3. The molecule has 0 aliphatic carbocycles. The maximum Gasteiger partial charge on any atom is 0.143 e. The van der Waals surface area contributed by atoms with Gasteiger partial charge in [0.15, 0.2) is 0 Å². The first-order valence-corrected chi connectivity index (χ1v) is 20.4. The Kier molecular flexibility index (Phi) is 7.63. The lowest BCUT2D eigenvalue weighted by Gasteiger charge is -2.13. The van der Waals surface area contributed by atoms with Crippen LogP contribution in [0, 0.1) is 13.8 Å². The topological polar surface area (TPSA) is 52.1 Å². The van der Waals surface area contributed by atoms with Crippen LogP contribution in [0.1, 0.15) is 11.3 Å². The summed E-state index contributed by atoms with van der Waals surface area (Å²) in [4.78, 5) is 10.2. The first kappa shape index (κ1) is 34.2. The van der Waals surface area contributed by atoms with Gasteiger partial charge in [-0.3, -0.25) is 4.98 Å². The molecule has 12 aromatic rings. The van der Waals surface area contributed by atoms with Crippen molar-refractivity contribution in [2.75, 3.05) is 0 Å². The van der Waals surface area contributed by atoms with Crippen LogP contribution in [0.2, 0.25) is 0 Å². The second-order valence-electron chi connectivity index (χ2n) is 15.8. The van der Waals surface area contributed by atoms with Gasteiger partial charge in [-0.05, 0) is 82.8 Å². The minimum atomic E-state index is 0.829. The number of rotatable bonds is 5. The van der Waals surface area contributed by atoms with E-state index in [0.29, 0.717) is 0 Å². The first-order chi connectivity index (χ1) is 29.6. The smallest absolute Gasteiger partial charge is 0.143 e. The first-order valence-electron chi connectivity index (χ1n) is 20.4. The molecule has 4 heteroatoms. The molecule has 9 aromatic carbocycles. The SMILES string of the molecule is Cc1ccc(-c2cccc(-c3cccc4c3oc3c5ccccc5ccc43)c2)cc1-c1ncc(-c2cccc(-c3cccc4c3oc3c5ccccc5ccc43)c2)nc1C. The minimum Gasteiger partial charge on any atom is -0.455 e. The number of furan rings is 2. The molecule has 0 saturated heterocycles. The fraction of sp³-hybridized carbons (Fsp3) is 0.0357. The summed E-state index contributed by atoms with van der Waals surface area (Å²) in [5, 5.41) is 9.09. The molecule has 0 aliphatic rings. The summed E-state index contributed by atoms with van der Waals surface area (Å²) >= 11 is 0. The molecule has 0 aliphatic heterocycles. The molecule has 3 aromatic heterocycles. The number of aromatic nitrogens is 2. The molecule has 0 fully saturated rings. The van der Waals surface area contributed by atoms with Crippen molar-refractivity contribution in [2.24, 2.45) is 0 Å². The molecule has 282 valence electrons. The Morgan fingerprint density at radius 1 is 0.367 bits per heavy atom. The summed E-state index contributed by atoms with van der Waals surface area (Å²) in [6.07, 6.45) is 1.90. The van der Waals surface area contributed by atoms with Gasteiger partial charge in [-0.25, -0.2) is 4.98 Å². The Bertz CT molecular complexity index is 3700. The summed E-state index contributed by atoms with van der Waals surface area (Å²) in [6, 6.07) is 62.2. The van der Waals surface area contributed by atoms with Crippen molar-refractivity contribution < 1.29 is 8.83 Å². The van der Waals surface area contributed by atoms with Gasteiger partial charge < -0.3 is 8.83 Å². The van der Waals surface area contributed by atoms with Crippen LogP contribution >= 0.6 is 0 Å². The maximum atomic E-state index is 6.69. The van der Waals surface area contributed by atoms with Crippen LogP contribution in [-0.4, -0.2) is 9.97 Å². The third kappa shape index (κ3) is 5.38. The maximum absolute atomic E-state index is 6.69. The summed E-state index contributed by atoms with van der Waals surface area (Å²) in [7, 11) is 0. The van der Waals surface area contributed by atoms with E-state index < -0.39 is 0 Å². The Labute approximate surface area is 346 Å². The predicted octanol–water partition coefficient (Wildman–Crippen LogP) is 15.5. The molecule has 12 rings (SSSR count). The second-order valence-corrected chi connectivity index (χ2v) is 15.8. The van der Waals surface area contributed by atoms with Crippen LogP contribution in [-0.2, 0) is 0 Å². The summed E-state index contributed by atoms with van der Waals surface area (Å²) in [6.45, 7) is 4.20. The molecule has 0 unspecified atom stereocenters. The van der Waals surface area contributed by atoms with Crippen molar-refractivity contribution in [2.45, 2.75) is 13.8 Å². The number of fused-ring (bicyclic) bond motifs is 10. The van der Waals surface area contributed by atoms with Gasteiger partial charge in [-0.15, -0.1) is 0 Å². The predicted molar refractivity (Wildman–Crippen MR) is 248 cm³/mol. The van der Waals surface area contributed by atoms with Crippen molar-refractivity contribution in [1.29, 1.82) is 0 Å². The van der Waals surface area contributed by atoms with Crippen LogP contribution < -0.4 is 0 Å². The van der Waals surface area contributed by atoms with Gasteiger partial charge in [0.2, 0.25) is 0 Å². The number of nitrogens with zero attached hydrogens (tertiary/aromatic N) is 2. The quantitative estimate of drug-likeness (QED) is 0.175. The summed E-state index contributed by atoms with van der Waals surface area (Å²) < 4.78 is 13.4. The van der Waals surface area contributed by atoms with Gasteiger partial charge in [0.1, 0.15) is 22.3 Å². The van der Waals surface area contributed by atoms with Crippen molar-refractivity contribution >= 4 is 65.4 Å². The highest BCUT2D eigenvalue weighted by Crippen LogP contribution is 2.42. The van der Waals surface area contributed by atoms with E-state index in [-0.39, 0.29) is 0 Å². The molecule has 0 N–H and O–H groups in total. The molecule has 0 saturated carbocycles. The zero-order chi connectivity index (χ0) is 39.9. The van der Waals surface area contributed by atoms with Gasteiger partial charge in [0.25, 0.3) is 0 Å². The van der Waals surface area contributed by atoms with E-state index >= 15 is 0 Å². The lowest BCUT2D eigenvalue weighted by atomic mass is 9.94. The zero-order valence-electron chi connectivity index (χ0n) is 33.0. The molecule has 0 amide bonds. The highest BCUT2D eigenvalue weighted by Gasteiger charge is 2.18. The van der Waals surface area contributed by atoms with E-state index in [1.54, 1.807) is 0 Å². The lowest BCUT2D eigenvalue weighted by Crippen LogP contribution is -1.97. The van der Waals surface area contributed by atoms with Gasteiger partial charge in [0, 0.05) is 54.6 Å². The van der Waals surface area contributed by atoms with Crippen molar-refractivity contribution in [3.05, 3.63) is 193 Å². The third-order valence-electron chi connectivity index (χ3n) is 12.2. The van der Waals surface area contributed by atoms with E-state index in [9.17, 15) is 0 Å². The molecule has 3 heterocycles. The summed E-state index contributed by atoms with van der Waals surface area (Å²) in [5.41, 5.74) is 16.0. The van der Waals surface area contributed by atoms with Gasteiger partial charge in [-0.1, -0.05) is 146 Å². The largest absolute Gasteiger partial charge is 0.455 e. The van der Waals surface area contributed by atoms with Crippen molar-refractivity contribution in [3.8, 4) is 55.9 Å². The van der Waals surface area contributed by atoms with Crippen LogP contribution in [0.5, 0.6) is 0 Å². The van der Waals surface area contributed by atoms with Crippen molar-refractivity contribution in [3.63, 3.8) is 0 Å². The van der Waals surface area contributed by atoms with E-state index in [2.05, 4.69) is 190 Å². The average molecular weight is 769 g/mol. The highest BCUT2D eigenvalue weighted by molar-refractivity contribution is 6.18. The van der Waals surface area contributed by atoms with Crippen molar-refractivity contribution in [1.82, 2.24) is 9.97 Å². The normalized spacial score (nSPS) is 11.8. The minimum absolute atomic E-state index is 0.829. The van der Waals surface area contributed by atoms with Gasteiger partial charge in [-0.2, -0.15) is 0 Å². The fourth-order valence-electron chi connectivity index (χ4n) is 9.16. The van der Waals surface area contributed by atoms with E-state index in [1.165, 1.54) is 10.8 Å². The van der Waals surface area contributed by atoms with Crippen LogP contribution in [0.15, 0.2) is 191 Å². The average Bonchev–Trinajstić information content (AvgIpc) is 3.89. The van der Waals surface area contributed by atoms with Gasteiger partial charge in [0.05, 0.1) is 23.3 Å². The molecule has 0 spiro atoms. The van der Waals surface area contributed by atoms with Gasteiger partial charge >= 0.3 is 0 Å². The number of aryl methyl sites for hydroxylation is 2. The molecule has 0 radical (unpaired) electrons. The highest BCUT2D eigenvalue weighted by atomic mass is 16.3. The lowest BCUT2D eigenvalue weighted by molar-refractivity contribution is 0.673. The zero-order valence-corrected chi connectivity index (χ0v) is 33.0. The number of hydrogen-bond acceptors (Lipinski definition) is 4. The molecular formula is C56H36N2O2. The monoisotopic (exact) mass is 768 g/mol.